The molecule has 0 saturated heterocycles. The molecule has 23 heavy (non-hydrogen) atoms. The Hall–Kier alpha value is 2.90. The largest absolute Gasteiger partial charge is 0.380 e. The summed E-state index contributed by atoms with van der Waals surface area (Å²) in [7, 11) is 1.61. The van der Waals surface area contributed by atoms with Gasteiger partial charge in [0.25, 0.3) is 0 Å². The Kier molecular flexibility index (Phi) is 22.7. The molecule has 1 aromatic carbocycles. The molecule has 0 aliphatic heterocycles. The second-order valence-electron chi connectivity index (χ2n) is 4.28. The number of carbonyl (C=O) groups is 1. The number of aromatic nitrogens is 1. The van der Waals surface area contributed by atoms with Crippen molar-refractivity contribution in [3.8, 4) is 0 Å². The van der Waals surface area contributed by atoms with E-state index in [1.807, 2.05) is 31.2 Å². The van der Waals surface area contributed by atoms with Crippen LogP contribution in [0, 0.1) is 151 Å². The van der Waals surface area contributed by atoms with Gasteiger partial charge in [0.15, 0.2) is 0 Å². The van der Waals surface area contributed by atoms with E-state index in [2.05, 4.69) is 15.6 Å². The van der Waals surface area contributed by atoms with Gasteiger partial charge < -0.3 is 15.4 Å². The molecule has 0 radical (unpaired) electrons. The summed E-state index contributed by atoms with van der Waals surface area (Å²) in [6, 6.07) is 7.34. The Morgan fingerprint density at radius 3 is 2.57 bits per heavy atom. The summed E-state index contributed by atoms with van der Waals surface area (Å²) in [5.74, 6) is 0. The zero-order chi connectivity index (χ0) is 13.7. The van der Waals surface area contributed by atoms with Gasteiger partial charge in [0.1, 0.15) is 0 Å². The zero-order valence-electron chi connectivity index (χ0n) is 12.4. The fourth-order valence-electron chi connectivity index (χ4n) is 1.72. The van der Waals surface area contributed by atoms with E-state index in [0.29, 0.717) is 6.54 Å². The molecule has 0 bridgehead atoms. The molecule has 0 spiro atoms. The molecule has 5 nitrogen and oxygen atoms in total. The number of amides is 2. The van der Waals surface area contributed by atoms with Crippen LogP contribution >= 0.6 is 0 Å². The molecule has 9 heteroatoms. The SMILES string of the molecule is CO[C@H](C)CNC(=O)Nc1cccc2cnccc12.[Ar].[Ar].[Ar].[Ar]. The summed E-state index contributed by atoms with van der Waals surface area (Å²) in [5, 5.41) is 7.54. The molecule has 0 aliphatic carbocycles. The van der Waals surface area contributed by atoms with Crippen molar-refractivity contribution < 1.29 is 160 Å². The van der Waals surface area contributed by atoms with Crippen LogP contribution in [0.3, 0.4) is 0 Å². The molecule has 2 N–H and O–H groups in total. The first-order valence-corrected chi connectivity index (χ1v) is 6.11. The van der Waals surface area contributed by atoms with Gasteiger partial charge in [-0.05, 0) is 19.1 Å². The van der Waals surface area contributed by atoms with Gasteiger partial charge in [-0.25, -0.2) is 4.79 Å². The standard InChI is InChI=1S/C14H17N3O2.4Ar/c1-10(19-2)8-16-14(18)17-13-5-3-4-11-9-15-7-6-12(11)13;;;;/h3-7,9-10H,8H2,1-2H3,(H2,16,17,18);;;;/t10-;;;;/m1..../s1. The average Bonchev–Trinajstić information content (AvgIpc) is 2.45. The molecule has 0 aliphatic rings. The molecule has 2 rings (SSSR count). The Balaban J connectivity index is -0.000001000. The number of pyridine rings is 1. The van der Waals surface area contributed by atoms with Crippen LogP contribution in [-0.2, 0) is 4.74 Å². The average molecular weight is 419 g/mol. The maximum atomic E-state index is 11.8. The van der Waals surface area contributed by atoms with Crippen LogP contribution in [0.25, 0.3) is 10.8 Å². The molecule has 2 aromatic rings. The summed E-state index contributed by atoms with van der Waals surface area (Å²) in [4.78, 5) is 15.8. The minimum absolute atomic E-state index is 0. The third kappa shape index (κ3) is 10.7. The Morgan fingerprint density at radius 1 is 1.22 bits per heavy atom. The number of ether oxygens (including phenoxy) is 1. The number of hydrogen-bond donors (Lipinski definition) is 2. The number of anilines is 1. The Morgan fingerprint density at radius 2 is 1.91 bits per heavy atom. The number of rotatable bonds is 4. The molecule has 0 unspecified atom stereocenters. The number of urea groups is 1. The van der Waals surface area contributed by atoms with Crippen LogP contribution in [-0.4, -0.2) is 30.8 Å². The number of methoxy groups -OCH3 is 1. The van der Waals surface area contributed by atoms with E-state index in [0.717, 1.165) is 16.5 Å². The fourth-order valence-corrected chi connectivity index (χ4v) is 1.72. The maximum absolute atomic E-state index is 11.8. The quantitative estimate of drug-likeness (QED) is 0.801. The van der Waals surface area contributed by atoms with Crippen molar-refractivity contribution in [3.05, 3.63) is 36.7 Å². The van der Waals surface area contributed by atoms with Crippen LogP contribution in [0.5, 0.6) is 0 Å². The van der Waals surface area contributed by atoms with E-state index in [1.165, 1.54) is 0 Å². The third-order valence-electron chi connectivity index (χ3n) is 2.88. The summed E-state index contributed by atoms with van der Waals surface area (Å²) in [5.41, 5.74) is 0.766. The summed E-state index contributed by atoms with van der Waals surface area (Å²) >= 11 is 0. The summed E-state index contributed by atoms with van der Waals surface area (Å²) < 4.78 is 5.07. The normalized spacial score (nSPS) is 10.0. The van der Waals surface area contributed by atoms with Gasteiger partial charge in [-0.3, -0.25) is 4.98 Å². The molecule has 132 valence electrons. The maximum Gasteiger partial charge on any atom is 0.319 e. The number of nitrogens with zero attached hydrogens (tertiary/aromatic N) is 1. The van der Waals surface area contributed by atoms with Crippen LogP contribution in [0.1, 0.15) is 6.92 Å². The van der Waals surface area contributed by atoms with Crippen molar-refractivity contribution in [1.82, 2.24) is 10.3 Å². The van der Waals surface area contributed by atoms with E-state index in [4.69, 9.17) is 4.74 Å². The minimum atomic E-state index is -0.242. The number of fused-ring (bicyclic) bond motifs is 1. The molecule has 1 heterocycles. The molecule has 2 amide bonds. The second-order valence-corrected chi connectivity index (χ2v) is 4.28. The molecule has 1 aromatic heterocycles. The molecular formula is C14H17Ar4N3O2. The van der Waals surface area contributed by atoms with Gasteiger partial charge in [-0.15, -0.1) is 0 Å². The predicted molar refractivity (Wildman–Crippen MR) is 75.2 cm³/mol. The van der Waals surface area contributed by atoms with E-state index in [1.54, 1.807) is 19.5 Å². The van der Waals surface area contributed by atoms with Gasteiger partial charge >= 0.3 is 6.03 Å². The van der Waals surface area contributed by atoms with Crippen molar-refractivity contribution in [3.63, 3.8) is 0 Å². The molecular weight excluding hydrogens is 402 g/mol. The second kappa shape index (κ2) is 17.0. The van der Waals surface area contributed by atoms with Crippen LogP contribution in [0.2, 0.25) is 0 Å². The van der Waals surface area contributed by atoms with Crippen molar-refractivity contribution in [1.29, 1.82) is 0 Å². The molecule has 0 fully saturated rings. The van der Waals surface area contributed by atoms with Gasteiger partial charge in [-0.1, -0.05) is 12.1 Å². The molecule has 0 saturated carbocycles. The Bertz CT molecular complexity index is 581. The van der Waals surface area contributed by atoms with E-state index in [-0.39, 0.29) is 163 Å². The number of hydrogen-bond acceptors (Lipinski definition) is 3. The topological polar surface area (TPSA) is 63.2 Å². The van der Waals surface area contributed by atoms with Crippen molar-refractivity contribution >= 4 is 22.5 Å². The van der Waals surface area contributed by atoms with Crippen LogP contribution in [0.15, 0.2) is 36.7 Å². The fraction of sp³-hybridized carbons (Fsp3) is 0.286. The van der Waals surface area contributed by atoms with Gasteiger partial charge in [0.05, 0.1) is 11.8 Å². The van der Waals surface area contributed by atoms with Gasteiger partial charge in [0.2, 0.25) is 0 Å². The first kappa shape index (κ1) is 30.6. The predicted octanol–water partition coefficient (Wildman–Crippen LogP) is 2.39. The van der Waals surface area contributed by atoms with E-state index >= 15 is 0 Å². The first-order valence-electron chi connectivity index (χ1n) is 6.11. The number of benzene rings is 1. The van der Waals surface area contributed by atoms with E-state index in [9.17, 15) is 4.79 Å². The number of nitrogens with one attached hydrogen (secondary N) is 2. The van der Waals surface area contributed by atoms with Crippen molar-refractivity contribution in [2.24, 2.45) is 0 Å². The zero-order valence-corrected chi connectivity index (χ0v) is 15.3. The van der Waals surface area contributed by atoms with Gasteiger partial charge in [-0.2, -0.15) is 0 Å². The van der Waals surface area contributed by atoms with Crippen molar-refractivity contribution in [2.45, 2.75) is 13.0 Å². The van der Waals surface area contributed by atoms with E-state index < -0.39 is 0 Å². The van der Waals surface area contributed by atoms with Crippen molar-refractivity contribution in [2.75, 3.05) is 19.0 Å². The molecule has 1 atom stereocenters. The van der Waals surface area contributed by atoms with Crippen LogP contribution < -0.4 is 10.6 Å². The third-order valence-corrected chi connectivity index (χ3v) is 2.88. The summed E-state index contributed by atoms with van der Waals surface area (Å²) in [6.45, 7) is 2.36. The Labute approximate surface area is 256 Å². The first-order chi connectivity index (χ1) is 9.20. The van der Waals surface area contributed by atoms with Crippen LogP contribution in [0.4, 0.5) is 10.5 Å². The van der Waals surface area contributed by atoms with Gasteiger partial charge in [0, 0.05) is 188 Å². The minimum Gasteiger partial charge on any atom is -0.380 e. The monoisotopic (exact) mass is 419 g/mol. The summed E-state index contributed by atoms with van der Waals surface area (Å²) in [6.07, 6.45) is 3.46. The smallest absolute Gasteiger partial charge is 0.319 e. The number of carbonyl (C=O) groups excluding carboxylic acids is 1.